The highest BCUT2D eigenvalue weighted by molar-refractivity contribution is 8.02. The van der Waals surface area contributed by atoms with Crippen LogP contribution in [0.25, 0.3) is 0 Å². The molecule has 2 bridgehead atoms. The number of rotatable bonds is 12. The van der Waals surface area contributed by atoms with Crippen LogP contribution in [0.15, 0.2) is 49.6 Å². The Morgan fingerprint density at radius 2 is 2.05 bits per heavy atom. The first kappa shape index (κ1) is 27.7. The van der Waals surface area contributed by atoms with E-state index in [0.717, 1.165) is 6.42 Å². The Morgan fingerprint density at radius 1 is 1.30 bits per heavy atom. The zero-order valence-electron chi connectivity index (χ0n) is 21.2. The molecule has 0 aromatic heterocycles. The van der Waals surface area contributed by atoms with E-state index in [0.29, 0.717) is 36.5 Å². The number of aliphatic hydroxyl groups excluding tert-OH is 1. The summed E-state index contributed by atoms with van der Waals surface area (Å²) in [4.78, 5) is 45.0. The highest BCUT2D eigenvalue weighted by atomic mass is 35.5. The maximum atomic E-state index is 14.5. The van der Waals surface area contributed by atoms with Gasteiger partial charge < -0.3 is 19.6 Å². The number of fused-ring (bicyclic) bond motifs is 1. The fraction of sp³-hybridized carbons (Fsp3) is 0.536. The van der Waals surface area contributed by atoms with E-state index in [1.165, 1.54) is 0 Å². The Kier molecular flexibility index (Phi) is 8.71. The molecule has 37 heavy (non-hydrogen) atoms. The van der Waals surface area contributed by atoms with Crippen molar-refractivity contribution in [2.24, 2.45) is 17.8 Å². The van der Waals surface area contributed by atoms with E-state index in [1.54, 1.807) is 51.9 Å². The Bertz CT molecular complexity index is 1070. The highest BCUT2D eigenvalue weighted by Crippen LogP contribution is 2.68. The van der Waals surface area contributed by atoms with Crippen LogP contribution in [-0.4, -0.2) is 70.1 Å². The van der Waals surface area contributed by atoms with Gasteiger partial charge >= 0.3 is 5.97 Å². The first-order chi connectivity index (χ1) is 17.8. The Labute approximate surface area is 227 Å². The molecule has 0 saturated carbocycles. The number of halogens is 1. The third kappa shape index (κ3) is 4.72. The molecule has 3 saturated heterocycles. The van der Waals surface area contributed by atoms with E-state index in [-0.39, 0.29) is 48.7 Å². The zero-order chi connectivity index (χ0) is 26.7. The van der Waals surface area contributed by atoms with Gasteiger partial charge in [-0.3, -0.25) is 14.4 Å². The normalized spacial score (nSPS) is 29.8. The lowest BCUT2D eigenvalue weighted by Gasteiger charge is -2.40. The summed E-state index contributed by atoms with van der Waals surface area (Å²) in [6, 6.07) is 6.37. The molecule has 3 aliphatic heterocycles. The Balaban J connectivity index is 1.76. The number of carbonyl (C=O) groups excluding carboxylic acids is 3. The summed E-state index contributed by atoms with van der Waals surface area (Å²) in [5.74, 6) is -1.96. The van der Waals surface area contributed by atoms with Gasteiger partial charge in [-0.1, -0.05) is 42.8 Å². The van der Waals surface area contributed by atoms with Crippen LogP contribution in [0.4, 0.5) is 5.69 Å². The van der Waals surface area contributed by atoms with Gasteiger partial charge in [0.05, 0.1) is 33.9 Å². The number of esters is 1. The number of hydrogen-bond donors (Lipinski definition) is 1. The highest BCUT2D eigenvalue weighted by Gasteiger charge is 2.76. The summed E-state index contributed by atoms with van der Waals surface area (Å²) in [5, 5.41) is 9.72. The van der Waals surface area contributed by atoms with Gasteiger partial charge in [-0.05, 0) is 43.7 Å². The van der Waals surface area contributed by atoms with Crippen LogP contribution in [-0.2, 0) is 19.1 Å². The van der Waals surface area contributed by atoms with Gasteiger partial charge in [-0.2, -0.15) is 0 Å². The van der Waals surface area contributed by atoms with Crippen molar-refractivity contribution in [3.05, 3.63) is 54.6 Å². The summed E-state index contributed by atoms with van der Waals surface area (Å²) in [6.07, 6.45) is 5.68. The number of hydrogen-bond acceptors (Lipinski definition) is 6. The van der Waals surface area contributed by atoms with E-state index in [2.05, 4.69) is 20.1 Å². The van der Waals surface area contributed by atoms with E-state index in [1.807, 2.05) is 6.07 Å². The number of anilines is 1. The van der Waals surface area contributed by atoms with Crippen LogP contribution in [0.5, 0.6) is 0 Å². The number of likely N-dealkylation sites (tertiary alicyclic amines) is 1. The summed E-state index contributed by atoms with van der Waals surface area (Å²) in [6.45, 7) is 10.4. The number of amides is 2. The number of ether oxygens (including phenoxy) is 1. The third-order valence-corrected chi connectivity index (χ3v) is 10.2. The quantitative estimate of drug-likeness (QED) is 0.241. The second-order valence-electron chi connectivity index (χ2n) is 9.95. The van der Waals surface area contributed by atoms with Crippen LogP contribution in [0.2, 0.25) is 5.02 Å². The lowest BCUT2D eigenvalue weighted by molar-refractivity contribution is -0.154. The summed E-state index contributed by atoms with van der Waals surface area (Å²) in [5.41, 5.74) is 0.558. The smallest absolute Gasteiger partial charge is 0.310 e. The molecule has 0 aliphatic carbocycles. The lowest BCUT2D eigenvalue weighted by atomic mass is 9.66. The zero-order valence-corrected chi connectivity index (χ0v) is 22.8. The monoisotopic (exact) mass is 546 g/mol. The van der Waals surface area contributed by atoms with Crippen LogP contribution in [0, 0.1) is 17.8 Å². The summed E-state index contributed by atoms with van der Waals surface area (Å²) < 4.78 is 4.81. The summed E-state index contributed by atoms with van der Waals surface area (Å²) in [7, 11) is 0. The molecule has 2 amide bonds. The molecular weight excluding hydrogens is 512 g/mol. The summed E-state index contributed by atoms with van der Waals surface area (Å²) >= 11 is 8.12. The maximum absolute atomic E-state index is 14.5. The van der Waals surface area contributed by atoms with Gasteiger partial charge in [0.15, 0.2) is 0 Å². The van der Waals surface area contributed by atoms with Gasteiger partial charge in [0.1, 0.15) is 6.04 Å². The second-order valence-corrected chi connectivity index (χ2v) is 11.9. The first-order valence-electron chi connectivity index (χ1n) is 12.9. The molecule has 3 aliphatic rings. The van der Waals surface area contributed by atoms with Gasteiger partial charge in [0.25, 0.3) is 5.91 Å². The van der Waals surface area contributed by atoms with Crippen LogP contribution < -0.4 is 4.90 Å². The molecule has 1 aromatic carbocycles. The van der Waals surface area contributed by atoms with Crippen molar-refractivity contribution in [2.75, 3.05) is 31.2 Å². The molecule has 1 spiro atoms. The first-order valence-corrected chi connectivity index (χ1v) is 14.1. The van der Waals surface area contributed by atoms with Crippen molar-refractivity contribution in [2.45, 2.75) is 48.6 Å². The number of para-hydroxylation sites is 1. The molecule has 4 rings (SSSR count). The molecular formula is C28H35ClN2O5S. The van der Waals surface area contributed by atoms with Gasteiger partial charge in [-0.15, -0.1) is 24.9 Å². The van der Waals surface area contributed by atoms with E-state index in [9.17, 15) is 19.5 Å². The van der Waals surface area contributed by atoms with Gasteiger partial charge in [0.2, 0.25) is 5.91 Å². The fourth-order valence-electron chi connectivity index (χ4n) is 6.30. The molecule has 3 fully saturated rings. The third-order valence-electron chi connectivity index (χ3n) is 7.85. The average molecular weight is 547 g/mol. The number of thioether (sulfide) groups is 1. The van der Waals surface area contributed by atoms with Crippen molar-refractivity contribution < 1.29 is 24.2 Å². The fourth-order valence-corrected chi connectivity index (χ4v) is 8.94. The standard InChI is InChI=1S/C28H35ClN2O5S/c1-4-6-16-36-27(35)22-21-17-18(3)28(37-21)23(22)25(33)31(14-9-10-15-32)24(28)26(34)30(13-5-2)20-12-8-7-11-19(20)29/h4-5,7-8,11-12,18,21-24,32H,1-2,6,9-10,13-17H2,3H3/t18?,21-,22+,23+,24?,28?/m1/s1. The largest absolute Gasteiger partial charge is 0.465 e. The number of unbranched alkanes of at least 4 members (excludes halogenated alkanes) is 1. The molecule has 3 unspecified atom stereocenters. The number of aliphatic hydroxyl groups is 1. The maximum Gasteiger partial charge on any atom is 0.310 e. The molecule has 1 N–H and O–H groups in total. The minimum Gasteiger partial charge on any atom is -0.465 e. The Morgan fingerprint density at radius 3 is 2.73 bits per heavy atom. The van der Waals surface area contributed by atoms with Gasteiger partial charge in [0, 0.05) is 24.9 Å². The molecule has 7 nitrogen and oxygen atoms in total. The van der Waals surface area contributed by atoms with Crippen molar-refractivity contribution >= 4 is 46.8 Å². The molecule has 3 heterocycles. The number of benzene rings is 1. The molecule has 200 valence electrons. The predicted molar refractivity (Wildman–Crippen MR) is 146 cm³/mol. The molecule has 0 radical (unpaired) electrons. The van der Waals surface area contributed by atoms with Crippen molar-refractivity contribution in [3.63, 3.8) is 0 Å². The molecule has 9 heteroatoms. The van der Waals surface area contributed by atoms with Crippen LogP contribution in [0.3, 0.4) is 0 Å². The minimum atomic E-state index is -0.768. The second kappa shape index (κ2) is 11.6. The lowest BCUT2D eigenvalue weighted by Crippen LogP contribution is -2.57. The van der Waals surface area contributed by atoms with Crippen LogP contribution >= 0.6 is 23.4 Å². The number of carbonyl (C=O) groups is 3. The molecule has 1 aromatic rings. The minimum absolute atomic E-state index is 0.00289. The molecule has 6 atom stereocenters. The van der Waals surface area contributed by atoms with Crippen LogP contribution in [0.1, 0.15) is 32.6 Å². The predicted octanol–water partition coefficient (Wildman–Crippen LogP) is 4.09. The van der Waals surface area contributed by atoms with E-state index < -0.39 is 22.6 Å². The topological polar surface area (TPSA) is 87.1 Å². The van der Waals surface area contributed by atoms with Crippen molar-refractivity contribution in [1.29, 1.82) is 0 Å². The Hall–Kier alpha value is -2.29. The van der Waals surface area contributed by atoms with E-state index in [4.69, 9.17) is 16.3 Å². The van der Waals surface area contributed by atoms with Gasteiger partial charge in [-0.25, -0.2) is 0 Å². The van der Waals surface area contributed by atoms with Crippen molar-refractivity contribution in [1.82, 2.24) is 4.90 Å². The number of nitrogens with zero attached hydrogens (tertiary/aromatic N) is 2. The van der Waals surface area contributed by atoms with E-state index >= 15 is 0 Å². The van der Waals surface area contributed by atoms with Crippen molar-refractivity contribution in [3.8, 4) is 0 Å². The average Bonchev–Trinajstić information content (AvgIpc) is 3.47. The SMILES string of the molecule is C=CCCOC(=O)[C@@H]1[C@H]2C(=O)N(CCCCO)C(C(=O)N(CC=C)c3ccccc3Cl)C23S[C@@H]1CC3C.